The van der Waals surface area contributed by atoms with E-state index in [0.717, 1.165) is 31.6 Å². The van der Waals surface area contributed by atoms with E-state index in [0.29, 0.717) is 0 Å². The Hall–Kier alpha value is -1.26. The van der Waals surface area contributed by atoms with Gasteiger partial charge in [-0.15, -0.1) is 0 Å². The lowest BCUT2D eigenvalue weighted by Gasteiger charge is -2.34. The van der Waals surface area contributed by atoms with E-state index in [1.165, 1.54) is 32.2 Å². The van der Waals surface area contributed by atoms with Crippen LogP contribution >= 0.6 is 0 Å². The van der Waals surface area contributed by atoms with Crippen molar-refractivity contribution in [3.8, 4) is 0 Å². The summed E-state index contributed by atoms with van der Waals surface area (Å²) in [6.07, 6.45) is 5.48. The molecular formula is C14H26N2O3. The lowest BCUT2D eigenvalue weighted by molar-refractivity contribution is -0.146. The molecule has 1 rings (SSSR count). The molecule has 110 valence electrons. The van der Waals surface area contributed by atoms with Crippen LogP contribution in [0.2, 0.25) is 0 Å². The molecule has 0 atom stereocenters. The maximum Gasteiger partial charge on any atom is 0.329 e. The van der Waals surface area contributed by atoms with Crippen LogP contribution in [0.15, 0.2) is 0 Å². The number of nitrogens with zero attached hydrogens (tertiary/aromatic N) is 1. The average molecular weight is 270 g/mol. The Kier molecular flexibility index (Phi) is 5.20. The fourth-order valence-corrected chi connectivity index (χ4v) is 2.38. The second-order valence-corrected chi connectivity index (χ2v) is 6.00. The van der Waals surface area contributed by atoms with Gasteiger partial charge in [-0.25, -0.2) is 9.59 Å². The first-order valence-electron chi connectivity index (χ1n) is 7.06. The molecule has 1 fully saturated rings. The van der Waals surface area contributed by atoms with E-state index in [-0.39, 0.29) is 12.1 Å². The fourth-order valence-electron chi connectivity index (χ4n) is 2.38. The van der Waals surface area contributed by atoms with E-state index >= 15 is 0 Å². The molecule has 0 aromatic carbocycles. The molecule has 0 aliphatic heterocycles. The van der Waals surface area contributed by atoms with Gasteiger partial charge in [0, 0.05) is 13.1 Å². The molecule has 0 aromatic heterocycles. The molecule has 1 aliphatic rings. The minimum absolute atomic E-state index is 0.183. The molecule has 2 amide bonds. The predicted octanol–water partition coefficient (Wildman–Crippen LogP) is 2.46. The number of likely N-dealkylation sites (N-methyl/N-ethyl adjacent to an activating group) is 1. The Morgan fingerprint density at radius 1 is 1.26 bits per heavy atom. The quantitative estimate of drug-likeness (QED) is 0.824. The van der Waals surface area contributed by atoms with Gasteiger partial charge >= 0.3 is 12.0 Å². The van der Waals surface area contributed by atoms with Crippen molar-refractivity contribution in [1.29, 1.82) is 0 Å². The fraction of sp³-hybridized carbons (Fsp3) is 0.857. The van der Waals surface area contributed by atoms with Crippen LogP contribution in [0, 0.1) is 5.92 Å². The lowest BCUT2D eigenvalue weighted by atomic mass is 9.84. The summed E-state index contributed by atoms with van der Waals surface area (Å²) in [4.78, 5) is 24.4. The second-order valence-electron chi connectivity index (χ2n) is 6.00. The van der Waals surface area contributed by atoms with Crippen molar-refractivity contribution in [2.75, 3.05) is 7.05 Å². The average Bonchev–Trinajstić information content (AvgIpc) is 2.38. The van der Waals surface area contributed by atoms with Crippen molar-refractivity contribution >= 4 is 12.0 Å². The Bertz CT molecular complexity index is 334. The third-order valence-corrected chi connectivity index (χ3v) is 4.42. The highest BCUT2D eigenvalue weighted by molar-refractivity contribution is 5.85. The summed E-state index contributed by atoms with van der Waals surface area (Å²) < 4.78 is 0. The van der Waals surface area contributed by atoms with Crippen molar-refractivity contribution in [3.05, 3.63) is 0 Å². The highest BCUT2D eigenvalue weighted by atomic mass is 16.4. The molecule has 0 unspecified atom stereocenters. The maximum absolute atomic E-state index is 12.1. The summed E-state index contributed by atoms with van der Waals surface area (Å²) in [6.45, 7) is 5.26. The van der Waals surface area contributed by atoms with Crippen LogP contribution in [0.4, 0.5) is 4.79 Å². The molecule has 1 saturated carbocycles. The molecule has 0 heterocycles. The number of rotatable bonds is 4. The molecule has 0 aromatic rings. The predicted molar refractivity (Wildman–Crippen MR) is 74.0 cm³/mol. The van der Waals surface area contributed by atoms with Crippen LogP contribution in [0.25, 0.3) is 0 Å². The van der Waals surface area contributed by atoms with Gasteiger partial charge in [0.15, 0.2) is 0 Å². The molecule has 5 heteroatoms. The Morgan fingerprint density at radius 2 is 1.79 bits per heavy atom. The van der Waals surface area contributed by atoms with Gasteiger partial charge in [-0.05, 0) is 45.4 Å². The number of carboxylic acid groups (broad SMARTS) is 1. The molecule has 1 aliphatic carbocycles. The largest absolute Gasteiger partial charge is 0.480 e. The summed E-state index contributed by atoms with van der Waals surface area (Å²) in [6, 6.07) is -0.116. The van der Waals surface area contributed by atoms with Gasteiger partial charge in [0.2, 0.25) is 0 Å². The van der Waals surface area contributed by atoms with Gasteiger partial charge in [-0.1, -0.05) is 13.3 Å². The minimum Gasteiger partial charge on any atom is -0.480 e. The van der Waals surface area contributed by atoms with E-state index in [9.17, 15) is 9.59 Å². The normalized spacial score (nSPS) is 23.8. The number of hydrogen-bond acceptors (Lipinski definition) is 2. The van der Waals surface area contributed by atoms with Gasteiger partial charge in [0.05, 0.1) is 0 Å². The monoisotopic (exact) mass is 270 g/mol. The zero-order chi connectivity index (χ0) is 14.6. The van der Waals surface area contributed by atoms with Gasteiger partial charge < -0.3 is 15.3 Å². The molecule has 19 heavy (non-hydrogen) atoms. The van der Waals surface area contributed by atoms with E-state index < -0.39 is 11.5 Å². The first-order valence-corrected chi connectivity index (χ1v) is 7.06. The van der Waals surface area contributed by atoms with Gasteiger partial charge in [-0.2, -0.15) is 0 Å². The molecule has 5 nitrogen and oxygen atoms in total. The minimum atomic E-state index is -1.19. The van der Waals surface area contributed by atoms with Gasteiger partial charge in [-0.3, -0.25) is 0 Å². The zero-order valence-corrected chi connectivity index (χ0v) is 12.4. The van der Waals surface area contributed by atoms with E-state index in [1.807, 2.05) is 0 Å². The van der Waals surface area contributed by atoms with Gasteiger partial charge in [0.1, 0.15) is 5.54 Å². The van der Waals surface area contributed by atoms with Crippen molar-refractivity contribution in [3.63, 3.8) is 0 Å². The van der Waals surface area contributed by atoms with E-state index in [1.54, 1.807) is 0 Å². The van der Waals surface area contributed by atoms with Crippen LogP contribution in [0.5, 0.6) is 0 Å². The number of carbonyl (C=O) groups is 2. The topological polar surface area (TPSA) is 69.6 Å². The summed E-state index contributed by atoms with van der Waals surface area (Å²) in [5.41, 5.74) is -1.19. The third kappa shape index (κ3) is 3.85. The summed E-state index contributed by atoms with van der Waals surface area (Å²) in [7, 11) is 1.53. The number of carbonyl (C=O) groups excluding carboxylic acids is 1. The number of urea groups is 1. The second kappa shape index (κ2) is 6.26. The van der Waals surface area contributed by atoms with Crippen LogP contribution < -0.4 is 5.32 Å². The highest BCUT2D eigenvalue weighted by Gasteiger charge is 2.36. The van der Waals surface area contributed by atoms with E-state index in [2.05, 4.69) is 12.2 Å². The summed E-state index contributed by atoms with van der Waals surface area (Å²) in [5, 5.41) is 12.1. The Labute approximate surface area is 115 Å². The highest BCUT2D eigenvalue weighted by Crippen LogP contribution is 2.26. The smallest absolute Gasteiger partial charge is 0.329 e. The Balaban J connectivity index is 2.50. The van der Waals surface area contributed by atoms with Crippen molar-refractivity contribution < 1.29 is 14.7 Å². The number of aliphatic carboxylic acids is 1. The standard InChI is InChI=1S/C14H26N2O3/c1-5-10-6-8-11(9-7-10)15-13(19)16(4)14(2,3)12(17)18/h10-11H,5-9H2,1-4H3,(H,15,19)(H,17,18). The molecule has 0 spiro atoms. The number of nitrogens with one attached hydrogen (secondary N) is 1. The SMILES string of the molecule is CCC1CCC(NC(=O)N(C)C(C)(C)C(=O)O)CC1. The van der Waals surface area contributed by atoms with Crippen molar-refractivity contribution in [2.24, 2.45) is 5.92 Å². The third-order valence-electron chi connectivity index (χ3n) is 4.42. The lowest BCUT2D eigenvalue weighted by Crippen LogP contribution is -2.55. The van der Waals surface area contributed by atoms with Gasteiger partial charge in [0.25, 0.3) is 0 Å². The van der Waals surface area contributed by atoms with Crippen LogP contribution in [-0.2, 0) is 4.79 Å². The molecule has 0 radical (unpaired) electrons. The maximum atomic E-state index is 12.1. The van der Waals surface area contributed by atoms with Crippen LogP contribution in [-0.4, -0.2) is 40.6 Å². The first-order chi connectivity index (χ1) is 8.78. The molecule has 0 saturated heterocycles. The molecule has 0 bridgehead atoms. The van der Waals surface area contributed by atoms with Crippen molar-refractivity contribution in [2.45, 2.75) is 64.5 Å². The van der Waals surface area contributed by atoms with E-state index in [4.69, 9.17) is 5.11 Å². The molecule has 2 N–H and O–H groups in total. The number of amides is 2. The molecular weight excluding hydrogens is 244 g/mol. The summed E-state index contributed by atoms with van der Waals surface area (Å²) in [5.74, 6) is -0.221. The van der Waals surface area contributed by atoms with Crippen LogP contribution in [0.1, 0.15) is 52.9 Å². The first kappa shape index (κ1) is 15.8. The summed E-state index contributed by atoms with van der Waals surface area (Å²) >= 11 is 0. The van der Waals surface area contributed by atoms with Crippen LogP contribution in [0.3, 0.4) is 0 Å². The van der Waals surface area contributed by atoms with Crippen molar-refractivity contribution in [1.82, 2.24) is 10.2 Å². The zero-order valence-electron chi connectivity index (χ0n) is 12.4. The number of carboxylic acids is 1. The Morgan fingerprint density at radius 3 is 2.21 bits per heavy atom. The number of hydrogen-bond donors (Lipinski definition) is 2.